The number of hydrogen-bond donors (Lipinski definition) is 0. The molecule has 3 heterocycles. The Labute approximate surface area is 179 Å². The van der Waals surface area contributed by atoms with E-state index in [-0.39, 0.29) is 17.8 Å². The molecule has 0 radical (unpaired) electrons. The summed E-state index contributed by atoms with van der Waals surface area (Å²) in [5.41, 5.74) is 3.40. The normalized spacial score (nSPS) is 16.0. The minimum absolute atomic E-state index is 0.236. The minimum atomic E-state index is -0.355. The summed E-state index contributed by atoms with van der Waals surface area (Å²) in [6.07, 6.45) is 0. The third kappa shape index (κ3) is 3.17. The van der Waals surface area contributed by atoms with Gasteiger partial charge in [0.25, 0.3) is 5.56 Å². The van der Waals surface area contributed by atoms with Crippen molar-refractivity contribution in [3.05, 3.63) is 86.6 Å². The summed E-state index contributed by atoms with van der Waals surface area (Å²) >= 11 is 0. The molecule has 0 bridgehead atoms. The Kier molecular flexibility index (Phi) is 4.54. The third-order valence-corrected chi connectivity index (χ3v) is 5.97. The van der Waals surface area contributed by atoms with E-state index in [9.17, 15) is 9.59 Å². The lowest BCUT2D eigenvalue weighted by Gasteiger charge is -2.33. The Morgan fingerprint density at radius 3 is 2.42 bits per heavy atom. The number of aromatic nitrogens is 4. The van der Waals surface area contributed by atoms with Gasteiger partial charge < -0.3 is 9.47 Å². The molecule has 0 spiro atoms. The molecule has 0 fully saturated rings. The molecule has 1 aliphatic heterocycles. The van der Waals surface area contributed by atoms with E-state index in [0.29, 0.717) is 29.6 Å². The van der Waals surface area contributed by atoms with Crippen LogP contribution in [0.2, 0.25) is 0 Å². The molecule has 31 heavy (non-hydrogen) atoms. The lowest BCUT2D eigenvalue weighted by molar-refractivity contribution is 0.458. The highest BCUT2D eigenvalue weighted by molar-refractivity contribution is 5.77. The van der Waals surface area contributed by atoms with Crippen LogP contribution in [0.4, 0.5) is 11.6 Å². The van der Waals surface area contributed by atoms with Crippen molar-refractivity contribution in [1.29, 1.82) is 0 Å². The Bertz CT molecular complexity index is 1380. The smallest absolute Gasteiger partial charge is 0.312 e. The first-order valence-electron chi connectivity index (χ1n) is 10.5. The molecule has 5 rings (SSSR count). The molecule has 158 valence electrons. The number of imidazole rings is 1. The number of rotatable bonds is 3. The molecule has 1 atom stereocenters. The number of anilines is 2. The van der Waals surface area contributed by atoms with Gasteiger partial charge in [-0.05, 0) is 30.5 Å². The van der Waals surface area contributed by atoms with Gasteiger partial charge in [0.2, 0.25) is 5.95 Å². The Hall–Kier alpha value is -3.61. The fourth-order valence-corrected chi connectivity index (χ4v) is 4.35. The zero-order valence-electron chi connectivity index (χ0n) is 17.9. The quantitative estimate of drug-likeness (QED) is 0.516. The van der Waals surface area contributed by atoms with Crippen LogP contribution in [0.3, 0.4) is 0 Å². The average Bonchev–Trinajstić information content (AvgIpc) is 3.15. The second-order valence-corrected chi connectivity index (χ2v) is 8.46. The van der Waals surface area contributed by atoms with Crippen molar-refractivity contribution in [2.24, 2.45) is 13.0 Å². The van der Waals surface area contributed by atoms with Gasteiger partial charge in [0.15, 0.2) is 11.2 Å². The van der Waals surface area contributed by atoms with Crippen molar-refractivity contribution in [3.63, 3.8) is 0 Å². The van der Waals surface area contributed by atoms with Crippen LogP contribution < -0.4 is 16.1 Å². The second kappa shape index (κ2) is 7.27. The second-order valence-electron chi connectivity index (χ2n) is 8.46. The van der Waals surface area contributed by atoms with Crippen LogP contribution in [0.5, 0.6) is 0 Å². The van der Waals surface area contributed by atoms with Crippen LogP contribution in [0.15, 0.2) is 64.2 Å². The van der Waals surface area contributed by atoms with Crippen molar-refractivity contribution >= 4 is 22.8 Å². The Morgan fingerprint density at radius 1 is 1.00 bits per heavy atom. The molecule has 0 amide bonds. The first-order valence-corrected chi connectivity index (χ1v) is 10.5. The number of hydrogen-bond acceptors (Lipinski definition) is 4. The fourth-order valence-electron chi connectivity index (χ4n) is 4.35. The summed E-state index contributed by atoms with van der Waals surface area (Å²) in [5, 5.41) is 0. The molecule has 7 nitrogen and oxygen atoms in total. The standard InChI is InChI=1S/C24H25N5O2/c1-16-9-11-19(12-10-16)27-13-17(2)14-28-20-21(25-23(27)28)26(3)24(31)29(22(20)30)15-18-7-5-4-6-8-18/h4-12,17H,13-15H2,1-3H3. The molecule has 0 saturated carbocycles. The largest absolute Gasteiger partial charge is 0.332 e. The van der Waals surface area contributed by atoms with Crippen molar-refractivity contribution in [2.75, 3.05) is 11.4 Å². The Balaban J connectivity index is 1.73. The van der Waals surface area contributed by atoms with Gasteiger partial charge in [-0.15, -0.1) is 0 Å². The molecule has 2 aromatic carbocycles. The molecule has 1 aliphatic rings. The maximum absolute atomic E-state index is 13.5. The topological polar surface area (TPSA) is 65.1 Å². The number of fused-ring (bicyclic) bond motifs is 3. The van der Waals surface area contributed by atoms with E-state index < -0.39 is 0 Å². The molecule has 0 N–H and O–H groups in total. The highest BCUT2D eigenvalue weighted by Gasteiger charge is 2.29. The first-order chi connectivity index (χ1) is 14.9. The van der Waals surface area contributed by atoms with Crippen LogP contribution in [0.1, 0.15) is 18.1 Å². The van der Waals surface area contributed by atoms with Crippen molar-refractivity contribution in [3.8, 4) is 0 Å². The predicted molar refractivity (Wildman–Crippen MR) is 122 cm³/mol. The van der Waals surface area contributed by atoms with Crippen molar-refractivity contribution in [1.82, 2.24) is 18.7 Å². The van der Waals surface area contributed by atoms with E-state index in [1.807, 2.05) is 34.9 Å². The lowest BCUT2D eigenvalue weighted by atomic mass is 10.1. The van der Waals surface area contributed by atoms with E-state index >= 15 is 0 Å². The van der Waals surface area contributed by atoms with Crippen LogP contribution in [-0.4, -0.2) is 25.2 Å². The van der Waals surface area contributed by atoms with Crippen molar-refractivity contribution in [2.45, 2.75) is 26.9 Å². The van der Waals surface area contributed by atoms with Gasteiger partial charge in [-0.2, -0.15) is 4.98 Å². The molecule has 4 aromatic rings. The zero-order chi connectivity index (χ0) is 21.7. The highest BCUT2D eigenvalue weighted by Crippen LogP contribution is 2.32. The van der Waals surface area contributed by atoms with E-state index in [1.54, 1.807) is 7.05 Å². The van der Waals surface area contributed by atoms with Gasteiger partial charge in [-0.25, -0.2) is 4.79 Å². The Morgan fingerprint density at radius 2 is 1.71 bits per heavy atom. The summed E-state index contributed by atoms with van der Waals surface area (Å²) in [4.78, 5) is 33.5. The molecule has 1 unspecified atom stereocenters. The van der Waals surface area contributed by atoms with Gasteiger partial charge in [0, 0.05) is 25.8 Å². The summed E-state index contributed by atoms with van der Waals surface area (Å²) < 4.78 is 4.78. The number of aryl methyl sites for hydroxylation is 2. The van der Waals surface area contributed by atoms with Gasteiger partial charge in [0.1, 0.15) is 0 Å². The summed E-state index contributed by atoms with van der Waals surface area (Å²) in [7, 11) is 1.68. The SMILES string of the molecule is Cc1ccc(N2CC(C)Cn3c2nc2c3c(=O)n(Cc3ccccc3)c(=O)n2C)cc1. The van der Waals surface area contributed by atoms with Crippen molar-refractivity contribution < 1.29 is 0 Å². The van der Waals surface area contributed by atoms with Crippen LogP contribution in [-0.2, 0) is 20.1 Å². The predicted octanol–water partition coefficient (Wildman–Crippen LogP) is 3.04. The zero-order valence-corrected chi connectivity index (χ0v) is 17.9. The minimum Gasteiger partial charge on any atom is -0.312 e. The summed E-state index contributed by atoms with van der Waals surface area (Å²) in [6, 6.07) is 17.9. The van der Waals surface area contributed by atoms with Gasteiger partial charge in [-0.1, -0.05) is 55.0 Å². The van der Waals surface area contributed by atoms with Crippen LogP contribution >= 0.6 is 0 Å². The van der Waals surface area contributed by atoms with E-state index in [2.05, 4.69) is 43.0 Å². The molecule has 7 heteroatoms. The molecule has 0 aliphatic carbocycles. The number of nitrogens with zero attached hydrogens (tertiary/aromatic N) is 5. The molecular formula is C24H25N5O2. The molecular weight excluding hydrogens is 390 g/mol. The van der Waals surface area contributed by atoms with E-state index in [0.717, 1.165) is 17.8 Å². The van der Waals surface area contributed by atoms with Gasteiger partial charge >= 0.3 is 5.69 Å². The first kappa shape index (κ1) is 19.4. The average molecular weight is 415 g/mol. The third-order valence-electron chi connectivity index (χ3n) is 5.97. The van der Waals surface area contributed by atoms with E-state index in [4.69, 9.17) is 4.98 Å². The van der Waals surface area contributed by atoms with Crippen LogP contribution in [0.25, 0.3) is 11.2 Å². The summed E-state index contributed by atoms with van der Waals surface area (Å²) in [6.45, 7) is 5.95. The van der Waals surface area contributed by atoms with Crippen LogP contribution in [0, 0.1) is 12.8 Å². The molecule has 0 saturated heterocycles. The van der Waals surface area contributed by atoms with E-state index in [1.165, 1.54) is 14.7 Å². The van der Waals surface area contributed by atoms with Gasteiger partial charge in [-0.3, -0.25) is 13.9 Å². The molecule has 2 aromatic heterocycles. The number of benzene rings is 2. The van der Waals surface area contributed by atoms with Gasteiger partial charge in [0.05, 0.1) is 6.54 Å². The maximum Gasteiger partial charge on any atom is 0.332 e. The lowest BCUT2D eigenvalue weighted by Crippen LogP contribution is -2.40. The summed E-state index contributed by atoms with van der Waals surface area (Å²) in [5.74, 6) is 1.03. The maximum atomic E-state index is 13.5. The highest BCUT2D eigenvalue weighted by atomic mass is 16.2. The monoisotopic (exact) mass is 415 g/mol. The fraction of sp³-hybridized carbons (Fsp3) is 0.292.